The number of piperazine rings is 1. The first-order valence-corrected chi connectivity index (χ1v) is 7.26. The second-order valence-corrected chi connectivity index (χ2v) is 5.24. The molecule has 4 nitrogen and oxygen atoms in total. The van der Waals surface area contributed by atoms with Crippen molar-refractivity contribution >= 4 is 17.4 Å². The van der Waals surface area contributed by atoms with E-state index in [1.807, 2.05) is 18.7 Å². The molecule has 5 heteroatoms. The molecule has 0 spiro atoms. The molecule has 0 unspecified atom stereocenters. The molecule has 1 saturated heterocycles. The van der Waals surface area contributed by atoms with E-state index in [4.69, 9.17) is 11.6 Å². The van der Waals surface area contributed by atoms with Crippen molar-refractivity contribution < 1.29 is 0 Å². The second-order valence-electron chi connectivity index (χ2n) is 4.97. The van der Waals surface area contributed by atoms with Crippen LogP contribution in [-0.4, -0.2) is 47.4 Å². The molecule has 1 aromatic heterocycles. The summed E-state index contributed by atoms with van der Waals surface area (Å²) >= 11 is 6.06. The van der Waals surface area contributed by atoms with Crippen LogP contribution in [0, 0.1) is 6.92 Å². The van der Waals surface area contributed by atoms with E-state index in [1.54, 1.807) is 0 Å². The molecule has 0 aliphatic carbocycles. The van der Waals surface area contributed by atoms with Gasteiger partial charge in [-0.15, -0.1) is 11.6 Å². The number of hydrogen-bond donors (Lipinski definition) is 0. The van der Waals surface area contributed by atoms with Gasteiger partial charge in [-0.25, -0.2) is 0 Å². The number of aryl methyl sites for hydroxylation is 2. The zero-order valence-corrected chi connectivity index (χ0v) is 12.4. The summed E-state index contributed by atoms with van der Waals surface area (Å²) in [6.07, 6.45) is 1.23. The lowest BCUT2D eigenvalue weighted by Gasteiger charge is -2.36. The van der Waals surface area contributed by atoms with Gasteiger partial charge in [0.1, 0.15) is 5.82 Å². The third-order valence-electron chi connectivity index (χ3n) is 3.66. The predicted molar refractivity (Wildman–Crippen MR) is 76.4 cm³/mol. The molecule has 2 heterocycles. The van der Waals surface area contributed by atoms with Crippen LogP contribution in [0.5, 0.6) is 0 Å². The number of alkyl halides is 1. The highest BCUT2D eigenvalue weighted by atomic mass is 35.5. The molecule has 1 fully saturated rings. The predicted octanol–water partition coefficient (Wildman–Crippen LogP) is 2.00. The smallest absolute Gasteiger partial charge is 0.131 e. The Kier molecular flexibility index (Phi) is 4.51. The van der Waals surface area contributed by atoms with Crippen LogP contribution < -0.4 is 4.90 Å². The van der Waals surface area contributed by atoms with Gasteiger partial charge in [-0.3, -0.25) is 9.58 Å². The zero-order valence-electron chi connectivity index (χ0n) is 11.6. The average Bonchev–Trinajstić information content (AvgIpc) is 2.65. The van der Waals surface area contributed by atoms with Gasteiger partial charge < -0.3 is 4.90 Å². The maximum Gasteiger partial charge on any atom is 0.131 e. The standard InChI is InChI=1S/C13H23ClN4/c1-4-5-17-6-8-18(9-7-17)13-12(10-14)11(2)15-16(13)3/h4-10H2,1-3H3. The zero-order chi connectivity index (χ0) is 13.1. The minimum Gasteiger partial charge on any atom is -0.354 e. The van der Waals surface area contributed by atoms with Crippen LogP contribution >= 0.6 is 11.6 Å². The summed E-state index contributed by atoms with van der Waals surface area (Å²) < 4.78 is 1.97. The lowest BCUT2D eigenvalue weighted by Crippen LogP contribution is -2.47. The van der Waals surface area contributed by atoms with Crippen molar-refractivity contribution in [3.8, 4) is 0 Å². The molecule has 0 bridgehead atoms. The van der Waals surface area contributed by atoms with Gasteiger partial charge in [0.2, 0.25) is 0 Å². The van der Waals surface area contributed by atoms with Crippen molar-refractivity contribution in [1.29, 1.82) is 0 Å². The van der Waals surface area contributed by atoms with Crippen LogP contribution in [0.25, 0.3) is 0 Å². The number of halogens is 1. The fraction of sp³-hybridized carbons (Fsp3) is 0.769. The Labute approximate surface area is 115 Å². The third-order valence-corrected chi connectivity index (χ3v) is 3.93. The number of nitrogens with zero attached hydrogens (tertiary/aromatic N) is 4. The van der Waals surface area contributed by atoms with Crippen LogP contribution in [0.15, 0.2) is 0 Å². The minimum absolute atomic E-state index is 0.546. The summed E-state index contributed by atoms with van der Waals surface area (Å²) in [5.74, 6) is 1.75. The molecule has 2 rings (SSSR count). The summed E-state index contributed by atoms with van der Waals surface area (Å²) in [7, 11) is 2.01. The van der Waals surface area contributed by atoms with Crippen LogP contribution in [0.4, 0.5) is 5.82 Å². The lowest BCUT2D eigenvalue weighted by molar-refractivity contribution is 0.257. The molecular formula is C13H23ClN4. The third kappa shape index (κ3) is 2.64. The van der Waals surface area contributed by atoms with Gasteiger partial charge in [-0.05, 0) is 19.9 Å². The average molecular weight is 271 g/mol. The highest BCUT2D eigenvalue weighted by Crippen LogP contribution is 2.25. The molecule has 18 heavy (non-hydrogen) atoms. The Morgan fingerprint density at radius 2 is 1.89 bits per heavy atom. The second kappa shape index (κ2) is 5.93. The first-order chi connectivity index (χ1) is 8.67. The van der Waals surface area contributed by atoms with Crippen LogP contribution in [0.1, 0.15) is 24.6 Å². The number of rotatable bonds is 4. The number of hydrogen-bond acceptors (Lipinski definition) is 3. The SMILES string of the molecule is CCCN1CCN(c2c(CCl)c(C)nn2C)CC1. The summed E-state index contributed by atoms with van der Waals surface area (Å²) in [5, 5.41) is 4.49. The summed E-state index contributed by atoms with van der Waals surface area (Å²) in [6, 6.07) is 0. The monoisotopic (exact) mass is 270 g/mol. The van der Waals surface area contributed by atoms with Gasteiger partial charge in [0, 0.05) is 38.8 Å². The lowest BCUT2D eigenvalue weighted by atomic mass is 10.2. The molecule has 1 aliphatic heterocycles. The topological polar surface area (TPSA) is 24.3 Å². The molecular weight excluding hydrogens is 248 g/mol. The first kappa shape index (κ1) is 13.7. The molecule has 0 aromatic carbocycles. The molecule has 0 radical (unpaired) electrons. The molecule has 0 amide bonds. The van der Waals surface area contributed by atoms with Crippen LogP contribution in [0.2, 0.25) is 0 Å². The van der Waals surface area contributed by atoms with Crippen molar-refractivity contribution in [2.75, 3.05) is 37.6 Å². The fourth-order valence-electron chi connectivity index (χ4n) is 2.74. The Bertz CT molecular complexity index is 394. The van der Waals surface area contributed by atoms with E-state index in [9.17, 15) is 0 Å². The molecule has 1 aromatic rings. The fourth-order valence-corrected chi connectivity index (χ4v) is 3.05. The van der Waals surface area contributed by atoms with E-state index in [1.165, 1.54) is 24.3 Å². The maximum atomic E-state index is 6.06. The van der Waals surface area contributed by atoms with Gasteiger partial charge in [0.15, 0.2) is 0 Å². The van der Waals surface area contributed by atoms with E-state index in [2.05, 4.69) is 21.8 Å². The first-order valence-electron chi connectivity index (χ1n) is 6.73. The molecule has 1 aliphatic rings. The summed E-state index contributed by atoms with van der Waals surface area (Å²) in [5.41, 5.74) is 2.24. The molecule has 102 valence electrons. The van der Waals surface area contributed by atoms with Crippen LogP contribution in [-0.2, 0) is 12.9 Å². The van der Waals surface area contributed by atoms with Gasteiger partial charge >= 0.3 is 0 Å². The van der Waals surface area contributed by atoms with Crippen molar-refractivity contribution in [1.82, 2.24) is 14.7 Å². The highest BCUT2D eigenvalue weighted by molar-refractivity contribution is 6.17. The molecule has 0 N–H and O–H groups in total. The van der Waals surface area contributed by atoms with Gasteiger partial charge in [-0.1, -0.05) is 6.92 Å². The van der Waals surface area contributed by atoms with Gasteiger partial charge in [0.25, 0.3) is 0 Å². The van der Waals surface area contributed by atoms with E-state index in [0.717, 1.165) is 31.9 Å². The minimum atomic E-state index is 0.546. The van der Waals surface area contributed by atoms with Crippen LogP contribution in [0.3, 0.4) is 0 Å². The Hall–Kier alpha value is -0.740. The Balaban J connectivity index is 2.09. The largest absolute Gasteiger partial charge is 0.354 e. The quantitative estimate of drug-likeness (QED) is 0.782. The van der Waals surface area contributed by atoms with Crippen molar-refractivity contribution in [2.45, 2.75) is 26.1 Å². The van der Waals surface area contributed by atoms with Crippen molar-refractivity contribution in [3.05, 3.63) is 11.3 Å². The van der Waals surface area contributed by atoms with Crippen molar-refractivity contribution in [3.63, 3.8) is 0 Å². The number of aromatic nitrogens is 2. The van der Waals surface area contributed by atoms with Crippen molar-refractivity contribution in [2.24, 2.45) is 7.05 Å². The van der Waals surface area contributed by atoms with E-state index < -0.39 is 0 Å². The van der Waals surface area contributed by atoms with Gasteiger partial charge in [-0.2, -0.15) is 5.10 Å². The molecule has 0 saturated carbocycles. The molecule has 0 atom stereocenters. The summed E-state index contributed by atoms with van der Waals surface area (Å²) in [4.78, 5) is 4.95. The van der Waals surface area contributed by atoms with E-state index in [-0.39, 0.29) is 0 Å². The normalized spacial score (nSPS) is 17.4. The maximum absolute atomic E-state index is 6.06. The van der Waals surface area contributed by atoms with Gasteiger partial charge in [0.05, 0.1) is 11.6 Å². The Morgan fingerprint density at radius 1 is 1.22 bits per heavy atom. The number of anilines is 1. The van der Waals surface area contributed by atoms with E-state index >= 15 is 0 Å². The Morgan fingerprint density at radius 3 is 2.44 bits per heavy atom. The highest BCUT2D eigenvalue weighted by Gasteiger charge is 2.22. The summed E-state index contributed by atoms with van der Waals surface area (Å²) in [6.45, 7) is 9.91. The van der Waals surface area contributed by atoms with E-state index in [0.29, 0.717) is 5.88 Å².